The summed E-state index contributed by atoms with van der Waals surface area (Å²) in [6.07, 6.45) is 0. The third kappa shape index (κ3) is 5.25. The minimum absolute atomic E-state index is 0.110. The predicted octanol–water partition coefficient (Wildman–Crippen LogP) is 15.5. The predicted molar refractivity (Wildman–Crippen MR) is 240 cm³/mol. The maximum Gasteiger partial charge on any atom is 0.135 e. The highest BCUT2D eigenvalue weighted by Gasteiger charge is 2.35. The monoisotopic (exact) mass is 729 g/mol. The van der Waals surface area contributed by atoms with Gasteiger partial charge in [-0.05, 0) is 97.7 Å². The molecular formula is C55H39NO. The van der Waals surface area contributed by atoms with Crippen molar-refractivity contribution < 1.29 is 4.42 Å². The van der Waals surface area contributed by atoms with Crippen molar-refractivity contribution in [2.75, 3.05) is 4.90 Å². The van der Waals surface area contributed by atoms with Crippen LogP contribution < -0.4 is 4.90 Å². The van der Waals surface area contributed by atoms with Crippen molar-refractivity contribution in [2.45, 2.75) is 19.3 Å². The van der Waals surface area contributed by atoms with E-state index in [-0.39, 0.29) is 5.41 Å². The van der Waals surface area contributed by atoms with E-state index in [0.717, 1.165) is 44.6 Å². The molecule has 0 saturated heterocycles. The molecule has 0 saturated carbocycles. The lowest BCUT2D eigenvalue weighted by Gasteiger charge is -2.30. The van der Waals surface area contributed by atoms with E-state index in [4.69, 9.17) is 4.42 Å². The standard InChI is InChI=1S/C55H39NO/c1-55(2)48-26-10-6-21-42(48)43-32-30-38(34-49(43)55)40-20-7-11-27-50(40)56(39-31-33-53-47(35-39)45-23-9-13-29-52(45)57-53)51-28-12-8-22-44(51)46-25-15-19-37-18-14-24-41(54(37)46)36-16-4-3-5-17-36/h3-35H,1-2H3. The molecule has 1 aromatic heterocycles. The largest absolute Gasteiger partial charge is 0.456 e. The minimum Gasteiger partial charge on any atom is -0.456 e. The zero-order valence-electron chi connectivity index (χ0n) is 31.9. The van der Waals surface area contributed by atoms with Gasteiger partial charge in [0.05, 0.1) is 11.4 Å². The Morgan fingerprint density at radius 1 is 0.386 bits per heavy atom. The van der Waals surface area contributed by atoms with Crippen LogP contribution in [0.4, 0.5) is 17.1 Å². The Kier molecular flexibility index (Phi) is 7.55. The highest BCUT2D eigenvalue weighted by atomic mass is 16.3. The molecule has 1 aliphatic rings. The van der Waals surface area contributed by atoms with E-state index in [9.17, 15) is 0 Å². The summed E-state index contributed by atoms with van der Waals surface area (Å²) in [4.78, 5) is 2.46. The van der Waals surface area contributed by atoms with E-state index in [2.05, 4.69) is 213 Å². The van der Waals surface area contributed by atoms with Crippen molar-refractivity contribution in [2.24, 2.45) is 0 Å². The first kappa shape index (κ1) is 33.2. The van der Waals surface area contributed by atoms with Gasteiger partial charge in [0.15, 0.2) is 0 Å². The molecule has 57 heavy (non-hydrogen) atoms. The number of hydrogen-bond acceptors (Lipinski definition) is 2. The molecule has 0 atom stereocenters. The van der Waals surface area contributed by atoms with Gasteiger partial charge in [-0.2, -0.15) is 0 Å². The molecule has 0 amide bonds. The van der Waals surface area contributed by atoms with E-state index < -0.39 is 0 Å². The number of furan rings is 1. The van der Waals surface area contributed by atoms with E-state index in [1.165, 1.54) is 60.8 Å². The maximum atomic E-state index is 6.36. The molecule has 0 radical (unpaired) electrons. The SMILES string of the molecule is CC1(C)c2ccccc2-c2ccc(-c3ccccc3N(c3ccc4oc5ccccc5c4c3)c3ccccc3-c3cccc4cccc(-c5ccccc5)c34)cc21. The molecule has 10 aromatic rings. The van der Waals surface area contributed by atoms with E-state index in [1.807, 2.05) is 6.07 Å². The van der Waals surface area contributed by atoms with E-state index in [1.54, 1.807) is 0 Å². The molecule has 1 aliphatic carbocycles. The van der Waals surface area contributed by atoms with Crippen LogP contribution in [0.15, 0.2) is 205 Å². The number of fused-ring (bicyclic) bond motifs is 7. The van der Waals surface area contributed by atoms with Crippen LogP contribution in [-0.4, -0.2) is 0 Å². The Labute approximate surface area is 332 Å². The van der Waals surface area contributed by atoms with Gasteiger partial charge in [0.25, 0.3) is 0 Å². The van der Waals surface area contributed by atoms with Crippen LogP contribution in [0.2, 0.25) is 0 Å². The summed E-state index contributed by atoms with van der Waals surface area (Å²) in [5.41, 5.74) is 17.5. The first-order valence-corrected chi connectivity index (χ1v) is 19.8. The van der Waals surface area contributed by atoms with Gasteiger partial charge >= 0.3 is 0 Å². The number of rotatable bonds is 6. The summed E-state index contributed by atoms with van der Waals surface area (Å²) in [5, 5.41) is 4.65. The van der Waals surface area contributed by atoms with Gasteiger partial charge in [0, 0.05) is 33.0 Å². The zero-order valence-corrected chi connectivity index (χ0v) is 31.9. The fourth-order valence-electron chi connectivity index (χ4n) is 9.37. The van der Waals surface area contributed by atoms with Crippen LogP contribution in [0, 0.1) is 0 Å². The molecule has 0 spiro atoms. The van der Waals surface area contributed by atoms with Crippen molar-refractivity contribution in [1.29, 1.82) is 0 Å². The molecule has 11 rings (SSSR count). The molecular weight excluding hydrogens is 691 g/mol. The Morgan fingerprint density at radius 3 is 1.82 bits per heavy atom. The molecule has 2 nitrogen and oxygen atoms in total. The van der Waals surface area contributed by atoms with Crippen molar-refractivity contribution in [1.82, 2.24) is 0 Å². The highest BCUT2D eigenvalue weighted by molar-refractivity contribution is 6.10. The summed E-state index contributed by atoms with van der Waals surface area (Å²) in [5.74, 6) is 0. The lowest BCUT2D eigenvalue weighted by molar-refractivity contribution is 0.660. The van der Waals surface area contributed by atoms with Crippen LogP contribution in [0.5, 0.6) is 0 Å². The molecule has 2 heteroatoms. The molecule has 0 aliphatic heterocycles. The fourth-order valence-corrected chi connectivity index (χ4v) is 9.37. The lowest BCUT2D eigenvalue weighted by atomic mass is 9.81. The number of para-hydroxylation sites is 3. The summed E-state index contributed by atoms with van der Waals surface area (Å²) in [6.45, 7) is 4.71. The van der Waals surface area contributed by atoms with Gasteiger partial charge < -0.3 is 9.32 Å². The van der Waals surface area contributed by atoms with E-state index in [0.29, 0.717) is 0 Å². The molecule has 1 heterocycles. The van der Waals surface area contributed by atoms with Crippen molar-refractivity contribution >= 4 is 49.8 Å². The fraction of sp³-hybridized carbons (Fsp3) is 0.0545. The van der Waals surface area contributed by atoms with Crippen LogP contribution in [0.25, 0.3) is 77.2 Å². The molecule has 0 fully saturated rings. The Morgan fingerprint density at radius 2 is 1.00 bits per heavy atom. The topological polar surface area (TPSA) is 16.4 Å². The Hall–Kier alpha value is -7.16. The van der Waals surface area contributed by atoms with Crippen LogP contribution in [-0.2, 0) is 5.41 Å². The second-order valence-electron chi connectivity index (χ2n) is 15.7. The maximum absolute atomic E-state index is 6.36. The first-order valence-electron chi connectivity index (χ1n) is 19.8. The third-order valence-corrected chi connectivity index (χ3v) is 12.1. The Bertz CT molecular complexity index is 3160. The quantitative estimate of drug-likeness (QED) is 0.169. The number of anilines is 3. The summed E-state index contributed by atoms with van der Waals surface area (Å²) in [7, 11) is 0. The molecule has 0 N–H and O–H groups in total. The van der Waals surface area contributed by atoms with Crippen molar-refractivity contribution in [3.8, 4) is 44.5 Å². The number of nitrogens with zero attached hydrogens (tertiary/aromatic N) is 1. The van der Waals surface area contributed by atoms with Gasteiger partial charge in [-0.15, -0.1) is 0 Å². The average Bonchev–Trinajstić information content (AvgIpc) is 3.75. The molecule has 0 unspecified atom stereocenters. The van der Waals surface area contributed by atoms with Gasteiger partial charge in [-0.25, -0.2) is 0 Å². The molecule has 0 bridgehead atoms. The second-order valence-corrected chi connectivity index (χ2v) is 15.7. The van der Waals surface area contributed by atoms with Gasteiger partial charge in [-0.1, -0.05) is 172 Å². The number of benzene rings is 9. The average molecular weight is 730 g/mol. The zero-order chi connectivity index (χ0) is 38.1. The molecule has 270 valence electrons. The smallest absolute Gasteiger partial charge is 0.135 e. The van der Waals surface area contributed by atoms with Gasteiger partial charge in [-0.3, -0.25) is 0 Å². The lowest BCUT2D eigenvalue weighted by Crippen LogP contribution is -2.15. The van der Waals surface area contributed by atoms with Gasteiger partial charge in [0.2, 0.25) is 0 Å². The third-order valence-electron chi connectivity index (χ3n) is 12.1. The normalized spacial score (nSPS) is 12.9. The Balaban J connectivity index is 1.17. The van der Waals surface area contributed by atoms with Crippen molar-refractivity contribution in [3.63, 3.8) is 0 Å². The van der Waals surface area contributed by atoms with Crippen molar-refractivity contribution in [3.05, 3.63) is 211 Å². The van der Waals surface area contributed by atoms with Crippen LogP contribution in [0.3, 0.4) is 0 Å². The van der Waals surface area contributed by atoms with Crippen LogP contribution in [0.1, 0.15) is 25.0 Å². The van der Waals surface area contributed by atoms with Crippen LogP contribution >= 0.6 is 0 Å². The van der Waals surface area contributed by atoms with E-state index >= 15 is 0 Å². The first-order chi connectivity index (χ1) is 28.0. The molecule has 9 aromatic carbocycles. The summed E-state index contributed by atoms with van der Waals surface area (Å²) < 4.78 is 6.36. The summed E-state index contributed by atoms with van der Waals surface area (Å²) >= 11 is 0. The summed E-state index contributed by atoms with van der Waals surface area (Å²) in [6, 6.07) is 72.8. The second kappa shape index (κ2) is 13.0. The minimum atomic E-state index is -0.110. The highest BCUT2D eigenvalue weighted by Crippen LogP contribution is 2.52. The van der Waals surface area contributed by atoms with Gasteiger partial charge in [0.1, 0.15) is 11.2 Å². The number of hydrogen-bond donors (Lipinski definition) is 0.